The number of phenols is 1. The van der Waals surface area contributed by atoms with Crippen LogP contribution >= 0.6 is 0 Å². The normalized spacial score (nSPS) is 10.3. The molecular formula is C52H58NO4Zr. The zero-order valence-corrected chi connectivity index (χ0v) is 37.5. The van der Waals surface area contributed by atoms with E-state index in [9.17, 15) is 9.90 Å². The molecular weight excluding hydrogens is 794 g/mol. The van der Waals surface area contributed by atoms with Crippen molar-refractivity contribution in [2.75, 3.05) is 13.2 Å². The van der Waals surface area contributed by atoms with Crippen molar-refractivity contribution >= 4 is 11.7 Å². The quantitative estimate of drug-likeness (QED) is 0.0714. The fraction of sp³-hybridized carbons (Fsp3) is 0.250. The molecule has 0 saturated heterocycles. The summed E-state index contributed by atoms with van der Waals surface area (Å²) < 4.78 is 11.8. The van der Waals surface area contributed by atoms with Gasteiger partial charge in [-0.05, 0) is 60.9 Å². The number of benzene rings is 6. The number of carbonyl (C=O) groups is 1. The van der Waals surface area contributed by atoms with Crippen LogP contribution in [0.15, 0.2) is 140 Å². The molecule has 0 aliphatic rings. The Bertz CT molecular complexity index is 2050. The molecule has 58 heavy (non-hydrogen) atoms. The summed E-state index contributed by atoms with van der Waals surface area (Å²) in [5, 5.41) is 16.3. The summed E-state index contributed by atoms with van der Waals surface area (Å²) in [4.78, 5) is 12.9. The van der Waals surface area contributed by atoms with Gasteiger partial charge in [0.05, 0.1) is 6.61 Å². The topological polar surface area (TPSA) is 69.9 Å². The van der Waals surface area contributed by atoms with Crippen molar-refractivity contribution in [1.29, 1.82) is 0 Å². The predicted octanol–water partition coefficient (Wildman–Crippen LogP) is 13.7. The molecule has 5 nitrogen and oxygen atoms in total. The maximum atomic E-state index is 12.9. The number of rotatable bonds is 13. The molecule has 6 aromatic rings. The van der Waals surface area contributed by atoms with Gasteiger partial charge in [-0.1, -0.05) is 124 Å². The summed E-state index contributed by atoms with van der Waals surface area (Å²) in [5.74, 6) is 0.757. The number of hydrogen-bond donors (Lipinski definition) is 1. The third-order valence-corrected chi connectivity index (χ3v) is 9.28. The molecule has 0 saturated carbocycles. The van der Waals surface area contributed by atoms with Crippen LogP contribution in [0.25, 0.3) is 16.4 Å². The van der Waals surface area contributed by atoms with Crippen LogP contribution in [0.4, 0.5) is 5.69 Å². The van der Waals surface area contributed by atoms with E-state index in [0.717, 1.165) is 46.3 Å². The number of aryl methyl sites for hydroxylation is 2. The minimum atomic E-state index is -0.573. The Morgan fingerprint density at radius 3 is 1.74 bits per heavy atom. The molecule has 6 rings (SSSR count). The van der Waals surface area contributed by atoms with E-state index in [1.54, 1.807) is 18.2 Å². The first-order chi connectivity index (χ1) is 27.5. The number of phenolic OH excluding ortho intramolecular Hbond substituents is 1. The van der Waals surface area contributed by atoms with Crippen molar-refractivity contribution in [3.05, 3.63) is 203 Å². The van der Waals surface area contributed by atoms with Crippen molar-refractivity contribution in [2.24, 2.45) is 0 Å². The average Bonchev–Trinajstić information content (AvgIpc) is 3.21. The molecule has 0 spiro atoms. The van der Waals surface area contributed by atoms with Crippen LogP contribution in [-0.2, 0) is 44.0 Å². The molecule has 0 amide bonds. The fourth-order valence-electron chi connectivity index (χ4n) is 6.15. The first kappa shape index (κ1) is 47.2. The molecule has 0 aliphatic carbocycles. The first-order valence-corrected chi connectivity index (χ1v) is 19.8. The van der Waals surface area contributed by atoms with Gasteiger partial charge in [0.1, 0.15) is 23.7 Å². The second kappa shape index (κ2) is 24.6. The van der Waals surface area contributed by atoms with Gasteiger partial charge < -0.3 is 19.9 Å². The van der Waals surface area contributed by atoms with Crippen LogP contribution < -0.4 is 4.74 Å². The minimum Gasteiger partial charge on any atom is -0.684 e. The molecule has 1 radical (unpaired) electrons. The van der Waals surface area contributed by atoms with Crippen LogP contribution in [-0.4, -0.2) is 24.2 Å². The zero-order chi connectivity index (χ0) is 41.2. The van der Waals surface area contributed by atoms with Crippen LogP contribution in [0.1, 0.15) is 102 Å². The first-order valence-electron chi connectivity index (χ1n) is 19.8. The summed E-state index contributed by atoms with van der Waals surface area (Å²) in [5.41, 5.74) is 10.5. The van der Waals surface area contributed by atoms with Gasteiger partial charge in [0.2, 0.25) is 0 Å². The Balaban J connectivity index is 0.000000501. The number of ether oxygens (including phenoxy) is 2. The largest absolute Gasteiger partial charge is 3.00 e. The maximum Gasteiger partial charge on any atom is 3.00 e. The van der Waals surface area contributed by atoms with Crippen LogP contribution in [0, 0.1) is 20.8 Å². The fourth-order valence-corrected chi connectivity index (χ4v) is 6.15. The van der Waals surface area contributed by atoms with Crippen LogP contribution in [0.2, 0.25) is 0 Å². The Hall–Kier alpha value is -5.19. The van der Waals surface area contributed by atoms with Crippen molar-refractivity contribution in [3.63, 3.8) is 0 Å². The third-order valence-electron chi connectivity index (χ3n) is 9.28. The summed E-state index contributed by atoms with van der Waals surface area (Å²) in [6.07, 6.45) is 1.58. The van der Waals surface area contributed by atoms with Crippen molar-refractivity contribution in [1.82, 2.24) is 0 Å². The zero-order valence-electron chi connectivity index (χ0n) is 35.0. The van der Waals surface area contributed by atoms with E-state index < -0.39 is 5.97 Å². The molecule has 0 fully saturated rings. The predicted molar refractivity (Wildman–Crippen MR) is 238 cm³/mol. The van der Waals surface area contributed by atoms with Crippen LogP contribution in [0.3, 0.4) is 0 Å². The van der Waals surface area contributed by atoms with Gasteiger partial charge in [0.25, 0.3) is 0 Å². The molecule has 0 atom stereocenters. The van der Waals surface area contributed by atoms with Gasteiger partial charge in [0.15, 0.2) is 0 Å². The molecule has 6 heteroatoms. The molecule has 0 heterocycles. The molecule has 1 N–H and O–H groups in total. The van der Waals surface area contributed by atoms with E-state index in [1.807, 2.05) is 109 Å². The van der Waals surface area contributed by atoms with E-state index >= 15 is 0 Å². The number of nitrogens with zero attached hydrogens (tertiary/aromatic N) is 1. The van der Waals surface area contributed by atoms with E-state index in [2.05, 4.69) is 67.5 Å². The van der Waals surface area contributed by atoms with Crippen LogP contribution in [0.5, 0.6) is 11.5 Å². The Morgan fingerprint density at radius 2 is 1.24 bits per heavy atom. The van der Waals surface area contributed by atoms with Gasteiger partial charge in [-0.25, -0.2) is 4.79 Å². The summed E-state index contributed by atoms with van der Waals surface area (Å²) in [6, 6.07) is 44.9. The SMILES string of the molecule is CCc1ccc(OCCC[N-]c2c(C(C)C)cc(C)cc2C(C)C)c(-c2cccc(C(=O)OCc3ccccc3)c2O)c1.[CH2-]c1ccccc1.[CH2-]c1ccccc1.[Zr+3]. The number of carbonyl (C=O) groups excluding carboxylic acids is 1. The van der Waals surface area contributed by atoms with Gasteiger partial charge >= 0.3 is 32.2 Å². The molecule has 0 unspecified atom stereocenters. The Morgan fingerprint density at radius 1 is 0.690 bits per heavy atom. The number of hydrogen-bond acceptors (Lipinski definition) is 4. The van der Waals surface area contributed by atoms with Crippen molar-refractivity contribution < 1.29 is 45.6 Å². The molecule has 299 valence electrons. The number of esters is 1. The van der Waals surface area contributed by atoms with Gasteiger partial charge in [-0.3, -0.25) is 0 Å². The standard InChI is InChI=1S/C38H44NO4.2C7H7.Zr/c1-7-28-17-18-35(42-20-12-19-39-36-32(25(2)3)21-27(6)22-33(36)26(4)5)34(23-28)30-15-11-16-31(37(30)40)38(41)43-24-29-13-9-8-10-14-29;2*1-7-5-3-2-4-6-7;/h8-11,13-18,21-23,25-26H,7,12,19-20,24H2,1-6H3,(H,40,41);2*2-6H,1H2;/q3*-1;+3. The van der Waals surface area contributed by atoms with E-state index in [0.29, 0.717) is 36.3 Å². The molecule has 0 bridgehead atoms. The smallest absolute Gasteiger partial charge is 0.684 e. The summed E-state index contributed by atoms with van der Waals surface area (Å²) in [7, 11) is 0. The summed E-state index contributed by atoms with van der Waals surface area (Å²) >= 11 is 0. The third kappa shape index (κ3) is 14.6. The van der Waals surface area contributed by atoms with Gasteiger partial charge in [0, 0.05) is 11.1 Å². The second-order valence-electron chi connectivity index (χ2n) is 14.6. The Labute approximate surface area is 367 Å². The number of aromatic hydroxyl groups is 1. The van der Waals surface area contributed by atoms with E-state index in [1.165, 1.54) is 16.7 Å². The molecule has 0 aromatic heterocycles. The van der Waals surface area contributed by atoms with Gasteiger partial charge in [-0.2, -0.15) is 49.2 Å². The Kier molecular flexibility index (Phi) is 20.0. The van der Waals surface area contributed by atoms with E-state index in [-0.39, 0.29) is 44.1 Å². The number of para-hydroxylation sites is 1. The van der Waals surface area contributed by atoms with E-state index in [4.69, 9.17) is 14.8 Å². The molecule has 0 aliphatic heterocycles. The molecule has 6 aromatic carbocycles. The van der Waals surface area contributed by atoms with Crippen molar-refractivity contribution in [2.45, 2.75) is 72.8 Å². The average molecular weight is 852 g/mol. The maximum absolute atomic E-state index is 12.9. The van der Waals surface area contributed by atoms with Gasteiger partial charge in [-0.15, -0.1) is 36.5 Å². The summed E-state index contributed by atoms with van der Waals surface area (Å²) in [6.45, 7) is 21.8. The van der Waals surface area contributed by atoms with Crippen molar-refractivity contribution in [3.8, 4) is 22.6 Å². The second-order valence-corrected chi connectivity index (χ2v) is 14.6. The monoisotopic (exact) mass is 850 g/mol. The minimum absolute atomic E-state index is 0.